The monoisotopic (exact) mass is 290 g/mol. The van der Waals surface area contributed by atoms with E-state index in [1.54, 1.807) is 0 Å². The molecule has 3 N–H and O–H groups in total. The van der Waals surface area contributed by atoms with Crippen molar-refractivity contribution in [3.63, 3.8) is 0 Å². The molecule has 15 heavy (non-hydrogen) atoms. The Hall–Kier alpha value is -0.0900. The molecule has 0 aliphatic rings. The second kappa shape index (κ2) is 5.85. The summed E-state index contributed by atoms with van der Waals surface area (Å²) in [6, 6.07) is 6.34. The smallest absolute Gasteiger partial charge is 0.0457 e. The van der Waals surface area contributed by atoms with E-state index in [1.807, 2.05) is 18.2 Å². The van der Waals surface area contributed by atoms with Crippen LogP contribution in [0.4, 0.5) is 0 Å². The van der Waals surface area contributed by atoms with E-state index in [0.29, 0.717) is 12.6 Å². The molecule has 2 nitrogen and oxygen atoms in total. The molecule has 0 heterocycles. The molecular formula is C11H16BrClN2. The van der Waals surface area contributed by atoms with Crippen LogP contribution in [0, 0.1) is 0 Å². The van der Waals surface area contributed by atoms with E-state index < -0.39 is 0 Å². The second-order valence-electron chi connectivity index (χ2n) is 3.78. The van der Waals surface area contributed by atoms with Crippen LogP contribution in [-0.4, -0.2) is 12.6 Å². The van der Waals surface area contributed by atoms with Gasteiger partial charge in [0.15, 0.2) is 0 Å². The lowest BCUT2D eigenvalue weighted by atomic mass is 10.1. The highest BCUT2D eigenvalue weighted by atomic mass is 79.9. The Morgan fingerprint density at radius 1 is 1.47 bits per heavy atom. The minimum Gasteiger partial charge on any atom is -0.329 e. The Balaban J connectivity index is 2.91. The summed E-state index contributed by atoms with van der Waals surface area (Å²) in [5, 5.41) is 4.14. The normalized spacial score (nSPS) is 13.2. The summed E-state index contributed by atoms with van der Waals surface area (Å²) in [6.07, 6.45) is 0. The zero-order chi connectivity index (χ0) is 11.4. The van der Waals surface area contributed by atoms with Gasteiger partial charge in [-0.15, -0.1) is 0 Å². The summed E-state index contributed by atoms with van der Waals surface area (Å²) >= 11 is 9.39. The minimum atomic E-state index is 0.164. The predicted molar refractivity (Wildman–Crippen MR) is 69.2 cm³/mol. The van der Waals surface area contributed by atoms with Crippen LogP contribution in [0.3, 0.4) is 0 Å². The summed E-state index contributed by atoms with van der Waals surface area (Å²) in [5.41, 5.74) is 6.89. The van der Waals surface area contributed by atoms with Gasteiger partial charge in [0.2, 0.25) is 0 Å². The van der Waals surface area contributed by atoms with Gasteiger partial charge in [0.05, 0.1) is 0 Å². The molecular weight excluding hydrogens is 275 g/mol. The lowest BCUT2D eigenvalue weighted by Gasteiger charge is -2.21. The van der Waals surface area contributed by atoms with E-state index in [-0.39, 0.29) is 6.04 Å². The van der Waals surface area contributed by atoms with Gasteiger partial charge in [-0.05, 0) is 17.7 Å². The van der Waals surface area contributed by atoms with Crippen LogP contribution in [0.5, 0.6) is 0 Å². The fourth-order valence-corrected chi connectivity index (χ4v) is 2.43. The van der Waals surface area contributed by atoms with E-state index in [1.165, 1.54) is 0 Å². The van der Waals surface area contributed by atoms with Crippen molar-refractivity contribution in [2.24, 2.45) is 5.73 Å². The van der Waals surface area contributed by atoms with Crippen molar-refractivity contribution in [1.29, 1.82) is 0 Å². The fraction of sp³-hybridized carbons (Fsp3) is 0.455. The van der Waals surface area contributed by atoms with Gasteiger partial charge in [-0.2, -0.15) is 0 Å². The third kappa shape index (κ3) is 3.76. The Labute approximate surface area is 104 Å². The lowest BCUT2D eigenvalue weighted by Crippen LogP contribution is -2.33. The lowest BCUT2D eigenvalue weighted by molar-refractivity contribution is 0.482. The van der Waals surface area contributed by atoms with E-state index in [2.05, 4.69) is 35.1 Å². The summed E-state index contributed by atoms with van der Waals surface area (Å²) in [4.78, 5) is 0. The van der Waals surface area contributed by atoms with Gasteiger partial charge < -0.3 is 11.1 Å². The third-order valence-electron chi connectivity index (χ3n) is 2.11. The average Bonchev–Trinajstić information content (AvgIpc) is 2.14. The molecule has 0 amide bonds. The van der Waals surface area contributed by atoms with Gasteiger partial charge in [0.25, 0.3) is 0 Å². The number of benzene rings is 1. The van der Waals surface area contributed by atoms with Gasteiger partial charge in [0, 0.05) is 28.1 Å². The number of hydrogen-bond donors (Lipinski definition) is 2. The third-order valence-corrected chi connectivity index (χ3v) is 3.03. The van der Waals surface area contributed by atoms with Crippen LogP contribution in [0.2, 0.25) is 5.02 Å². The topological polar surface area (TPSA) is 38.0 Å². The molecule has 1 atom stereocenters. The van der Waals surface area contributed by atoms with Crippen molar-refractivity contribution < 1.29 is 0 Å². The Bertz CT molecular complexity index is 328. The van der Waals surface area contributed by atoms with Crippen molar-refractivity contribution in [3.8, 4) is 0 Å². The van der Waals surface area contributed by atoms with E-state index in [0.717, 1.165) is 15.1 Å². The molecule has 4 heteroatoms. The van der Waals surface area contributed by atoms with E-state index in [9.17, 15) is 0 Å². The largest absolute Gasteiger partial charge is 0.329 e. The van der Waals surface area contributed by atoms with Crippen LogP contribution in [0.15, 0.2) is 22.7 Å². The molecule has 1 aromatic rings. The summed E-state index contributed by atoms with van der Waals surface area (Å²) in [6.45, 7) is 4.78. The number of rotatable bonds is 4. The molecule has 0 aliphatic carbocycles. The molecule has 84 valence electrons. The standard InChI is InChI=1S/C11H16BrClN2/c1-7(2)15-11(6-14)9-4-3-8(13)5-10(9)12/h3-5,7,11,15H,6,14H2,1-2H3. The van der Waals surface area contributed by atoms with E-state index >= 15 is 0 Å². The van der Waals surface area contributed by atoms with Gasteiger partial charge >= 0.3 is 0 Å². The van der Waals surface area contributed by atoms with Crippen LogP contribution in [0.1, 0.15) is 25.5 Å². The maximum absolute atomic E-state index is 5.89. The van der Waals surface area contributed by atoms with Crippen molar-refractivity contribution >= 4 is 27.5 Å². The van der Waals surface area contributed by atoms with Crippen LogP contribution in [0.25, 0.3) is 0 Å². The Kier molecular flexibility index (Phi) is 5.06. The van der Waals surface area contributed by atoms with E-state index in [4.69, 9.17) is 17.3 Å². The summed E-state index contributed by atoms with van der Waals surface area (Å²) in [7, 11) is 0. The van der Waals surface area contributed by atoms with Crippen molar-refractivity contribution in [2.75, 3.05) is 6.54 Å². The molecule has 0 radical (unpaired) electrons. The zero-order valence-electron chi connectivity index (χ0n) is 8.93. The first kappa shape index (κ1) is 13.0. The maximum Gasteiger partial charge on any atom is 0.0457 e. The molecule has 0 bridgehead atoms. The molecule has 0 saturated heterocycles. The first-order chi connectivity index (χ1) is 7.04. The highest BCUT2D eigenvalue weighted by Crippen LogP contribution is 2.26. The Morgan fingerprint density at radius 3 is 2.60 bits per heavy atom. The van der Waals surface area contributed by atoms with Crippen LogP contribution in [-0.2, 0) is 0 Å². The zero-order valence-corrected chi connectivity index (χ0v) is 11.3. The van der Waals surface area contributed by atoms with Crippen molar-refractivity contribution in [2.45, 2.75) is 25.9 Å². The van der Waals surface area contributed by atoms with Gasteiger partial charge in [-0.1, -0.05) is 47.4 Å². The maximum atomic E-state index is 5.89. The Morgan fingerprint density at radius 2 is 2.13 bits per heavy atom. The number of hydrogen-bond acceptors (Lipinski definition) is 2. The quantitative estimate of drug-likeness (QED) is 0.894. The van der Waals surface area contributed by atoms with Crippen LogP contribution < -0.4 is 11.1 Å². The fourth-order valence-electron chi connectivity index (χ4n) is 1.47. The molecule has 0 spiro atoms. The molecule has 0 aromatic heterocycles. The van der Waals surface area contributed by atoms with Crippen molar-refractivity contribution in [1.82, 2.24) is 5.32 Å². The molecule has 1 aromatic carbocycles. The van der Waals surface area contributed by atoms with Crippen molar-refractivity contribution in [3.05, 3.63) is 33.3 Å². The molecule has 0 saturated carbocycles. The average molecular weight is 292 g/mol. The minimum absolute atomic E-state index is 0.164. The highest BCUT2D eigenvalue weighted by molar-refractivity contribution is 9.10. The molecule has 1 unspecified atom stereocenters. The van der Waals surface area contributed by atoms with Gasteiger partial charge in [-0.25, -0.2) is 0 Å². The number of halogens is 2. The molecule has 0 fully saturated rings. The SMILES string of the molecule is CC(C)NC(CN)c1ccc(Cl)cc1Br. The highest BCUT2D eigenvalue weighted by Gasteiger charge is 2.13. The molecule has 0 aliphatic heterocycles. The molecule has 1 rings (SSSR count). The number of nitrogens with one attached hydrogen (secondary N) is 1. The van der Waals surface area contributed by atoms with Gasteiger partial charge in [0.1, 0.15) is 0 Å². The van der Waals surface area contributed by atoms with Crippen LogP contribution >= 0.6 is 27.5 Å². The summed E-state index contributed by atoms with van der Waals surface area (Å²) in [5.74, 6) is 0. The first-order valence-corrected chi connectivity index (χ1v) is 6.12. The second-order valence-corrected chi connectivity index (χ2v) is 5.07. The predicted octanol–water partition coefficient (Wildman–Crippen LogP) is 3.10. The summed E-state index contributed by atoms with van der Waals surface area (Å²) < 4.78 is 0.999. The first-order valence-electron chi connectivity index (χ1n) is 4.95. The van der Waals surface area contributed by atoms with Gasteiger partial charge in [-0.3, -0.25) is 0 Å². The number of nitrogens with two attached hydrogens (primary N) is 1.